The standard InChI is InChI=1S/C22H29F2N3O2/c23-18-6-5-16(20(24)12-18)13-25-21(28)17-2-1-9-27(14-17)19-7-10-26(11-8-19)22(29)15-3-4-15/h5-6,12,15,17,19H,1-4,7-11,13-14H2,(H,25,28)/t17-/m1/s1. The zero-order valence-corrected chi connectivity index (χ0v) is 16.7. The lowest BCUT2D eigenvalue weighted by atomic mass is 9.93. The second-order valence-corrected chi connectivity index (χ2v) is 8.62. The number of piperidine rings is 2. The fourth-order valence-corrected chi connectivity index (χ4v) is 4.58. The van der Waals surface area contributed by atoms with Crippen LogP contribution in [0.2, 0.25) is 0 Å². The van der Waals surface area contributed by atoms with E-state index in [1.54, 1.807) is 0 Å². The number of hydrogen-bond donors (Lipinski definition) is 1. The van der Waals surface area contributed by atoms with Gasteiger partial charge in [-0.15, -0.1) is 0 Å². The Morgan fingerprint density at radius 2 is 1.76 bits per heavy atom. The normalized spacial score (nSPS) is 23.8. The maximum atomic E-state index is 13.8. The smallest absolute Gasteiger partial charge is 0.225 e. The monoisotopic (exact) mass is 405 g/mol. The van der Waals surface area contributed by atoms with Crippen molar-refractivity contribution in [2.75, 3.05) is 26.2 Å². The molecule has 2 heterocycles. The minimum absolute atomic E-state index is 0.0697. The molecule has 1 aromatic carbocycles. The molecule has 1 saturated carbocycles. The Morgan fingerprint density at radius 1 is 1.00 bits per heavy atom. The number of nitrogens with zero attached hydrogens (tertiary/aromatic N) is 2. The second-order valence-electron chi connectivity index (χ2n) is 8.62. The summed E-state index contributed by atoms with van der Waals surface area (Å²) in [5, 5.41) is 2.81. The molecule has 1 atom stereocenters. The van der Waals surface area contributed by atoms with Crippen LogP contribution in [0, 0.1) is 23.5 Å². The highest BCUT2D eigenvalue weighted by molar-refractivity contribution is 5.81. The highest BCUT2D eigenvalue weighted by Gasteiger charge is 2.37. The van der Waals surface area contributed by atoms with Crippen molar-refractivity contribution < 1.29 is 18.4 Å². The second kappa shape index (κ2) is 8.78. The summed E-state index contributed by atoms with van der Waals surface area (Å²) in [5.74, 6) is -0.834. The molecule has 0 unspecified atom stereocenters. The van der Waals surface area contributed by atoms with Crippen LogP contribution in [-0.4, -0.2) is 53.8 Å². The molecule has 29 heavy (non-hydrogen) atoms. The Bertz CT molecular complexity index is 760. The molecule has 2 amide bonds. The summed E-state index contributed by atoms with van der Waals surface area (Å²) in [7, 11) is 0. The molecule has 0 spiro atoms. The van der Waals surface area contributed by atoms with E-state index in [0.29, 0.717) is 24.1 Å². The predicted molar refractivity (Wildman–Crippen MR) is 105 cm³/mol. The predicted octanol–water partition coefficient (Wildman–Crippen LogP) is 2.69. The van der Waals surface area contributed by atoms with Gasteiger partial charge in [0.15, 0.2) is 0 Å². The first-order valence-electron chi connectivity index (χ1n) is 10.8. The maximum absolute atomic E-state index is 13.8. The van der Waals surface area contributed by atoms with Crippen molar-refractivity contribution in [3.63, 3.8) is 0 Å². The first-order chi connectivity index (χ1) is 14.0. The summed E-state index contributed by atoms with van der Waals surface area (Å²) in [4.78, 5) is 29.2. The summed E-state index contributed by atoms with van der Waals surface area (Å²) in [5.41, 5.74) is 0.292. The summed E-state index contributed by atoms with van der Waals surface area (Å²) >= 11 is 0. The molecule has 5 nitrogen and oxygen atoms in total. The molecule has 0 bridgehead atoms. The van der Waals surface area contributed by atoms with Crippen LogP contribution in [0.4, 0.5) is 8.78 Å². The third-order valence-electron chi connectivity index (χ3n) is 6.51. The minimum atomic E-state index is -0.636. The number of nitrogens with one attached hydrogen (secondary N) is 1. The van der Waals surface area contributed by atoms with E-state index in [1.165, 1.54) is 12.1 Å². The van der Waals surface area contributed by atoms with Crippen molar-refractivity contribution in [3.05, 3.63) is 35.4 Å². The zero-order valence-electron chi connectivity index (χ0n) is 16.7. The van der Waals surface area contributed by atoms with Gasteiger partial charge in [0.2, 0.25) is 11.8 Å². The molecular weight excluding hydrogens is 376 g/mol. The van der Waals surface area contributed by atoms with Crippen molar-refractivity contribution in [2.24, 2.45) is 11.8 Å². The number of carbonyl (C=O) groups excluding carboxylic acids is 2. The van der Waals surface area contributed by atoms with E-state index in [2.05, 4.69) is 10.2 Å². The number of halogens is 2. The van der Waals surface area contributed by atoms with Crippen molar-refractivity contribution >= 4 is 11.8 Å². The number of hydrogen-bond acceptors (Lipinski definition) is 3. The van der Waals surface area contributed by atoms with E-state index < -0.39 is 11.6 Å². The molecular formula is C22H29F2N3O2. The van der Waals surface area contributed by atoms with Crippen LogP contribution in [-0.2, 0) is 16.1 Å². The molecule has 3 fully saturated rings. The van der Waals surface area contributed by atoms with Gasteiger partial charge in [0, 0.05) is 49.8 Å². The van der Waals surface area contributed by atoms with Crippen molar-refractivity contribution in [1.29, 1.82) is 0 Å². The lowest BCUT2D eigenvalue weighted by Gasteiger charge is -2.42. The van der Waals surface area contributed by atoms with E-state index in [-0.39, 0.29) is 24.3 Å². The fourth-order valence-electron chi connectivity index (χ4n) is 4.58. The lowest BCUT2D eigenvalue weighted by molar-refractivity contribution is -0.134. The first-order valence-corrected chi connectivity index (χ1v) is 10.8. The number of likely N-dealkylation sites (tertiary alicyclic amines) is 2. The van der Waals surface area contributed by atoms with Gasteiger partial charge in [-0.3, -0.25) is 14.5 Å². The molecule has 2 aliphatic heterocycles. The van der Waals surface area contributed by atoms with Crippen LogP contribution in [0.3, 0.4) is 0 Å². The maximum Gasteiger partial charge on any atom is 0.225 e. The molecule has 0 radical (unpaired) electrons. The van der Waals surface area contributed by atoms with Gasteiger partial charge in [-0.25, -0.2) is 8.78 Å². The molecule has 2 saturated heterocycles. The molecule has 1 aromatic rings. The van der Waals surface area contributed by atoms with Crippen LogP contribution in [0.5, 0.6) is 0 Å². The Hall–Kier alpha value is -2.02. The van der Waals surface area contributed by atoms with Crippen molar-refractivity contribution in [2.45, 2.75) is 51.1 Å². The highest BCUT2D eigenvalue weighted by atomic mass is 19.1. The minimum Gasteiger partial charge on any atom is -0.352 e. The number of benzene rings is 1. The molecule has 1 N–H and O–H groups in total. The third-order valence-corrected chi connectivity index (χ3v) is 6.51. The molecule has 3 aliphatic rings. The lowest BCUT2D eigenvalue weighted by Crippen LogP contribution is -2.51. The third kappa shape index (κ3) is 4.94. The summed E-state index contributed by atoms with van der Waals surface area (Å²) < 4.78 is 26.8. The van der Waals surface area contributed by atoms with Crippen LogP contribution >= 0.6 is 0 Å². The van der Waals surface area contributed by atoms with Crippen molar-refractivity contribution in [3.8, 4) is 0 Å². The number of rotatable bonds is 5. The summed E-state index contributed by atoms with van der Waals surface area (Å²) in [6.07, 6.45) is 5.81. The summed E-state index contributed by atoms with van der Waals surface area (Å²) in [6, 6.07) is 3.83. The van der Waals surface area contributed by atoms with Gasteiger partial charge in [0.05, 0.1) is 5.92 Å². The Morgan fingerprint density at radius 3 is 2.45 bits per heavy atom. The molecule has 0 aromatic heterocycles. The largest absolute Gasteiger partial charge is 0.352 e. The molecule has 7 heteroatoms. The first kappa shape index (κ1) is 20.3. The quantitative estimate of drug-likeness (QED) is 0.820. The van der Waals surface area contributed by atoms with Gasteiger partial charge < -0.3 is 10.2 Å². The van der Waals surface area contributed by atoms with Gasteiger partial charge in [0.25, 0.3) is 0 Å². The van der Waals surface area contributed by atoms with E-state index in [0.717, 1.165) is 64.2 Å². The van der Waals surface area contributed by atoms with Gasteiger partial charge >= 0.3 is 0 Å². The van der Waals surface area contributed by atoms with E-state index in [1.807, 2.05) is 4.90 Å². The number of amides is 2. The molecule has 1 aliphatic carbocycles. The Balaban J connectivity index is 1.25. The van der Waals surface area contributed by atoms with Gasteiger partial charge in [-0.2, -0.15) is 0 Å². The topological polar surface area (TPSA) is 52.7 Å². The van der Waals surface area contributed by atoms with E-state index >= 15 is 0 Å². The van der Waals surface area contributed by atoms with Crippen molar-refractivity contribution in [1.82, 2.24) is 15.1 Å². The molecule has 4 rings (SSSR count). The van der Waals surface area contributed by atoms with E-state index in [9.17, 15) is 18.4 Å². The average Bonchev–Trinajstić information content (AvgIpc) is 3.58. The fraction of sp³-hybridized carbons (Fsp3) is 0.636. The van der Waals surface area contributed by atoms with Crippen LogP contribution < -0.4 is 5.32 Å². The Kier molecular flexibility index (Phi) is 6.13. The van der Waals surface area contributed by atoms with Gasteiger partial charge in [-0.05, 0) is 51.1 Å². The van der Waals surface area contributed by atoms with Gasteiger partial charge in [-0.1, -0.05) is 6.07 Å². The van der Waals surface area contributed by atoms with Crippen LogP contribution in [0.25, 0.3) is 0 Å². The van der Waals surface area contributed by atoms with E-state index in [4.69, 9.17) is 0 Å². The van der Waals surface area contributed by atoms with Crippen LogP contribution in [0.1, 0.15) is 44.1 Å². The Labute approximate surface area is 170 Å². The van der Waals surface area contributed by atoms with Crippen LogP contribution in [0.15, 0.2) is 18.2 Å². The number of carbonyl (C=O) groups is 2. The zero-order chi connectivity index (χ0) is 20.4. The highest BCUT2D eigenvalue weighted by Crippen LogP contribution is 2.32. The van der Waals surface area contributed by atoms with Gasteiger partial charge in [0.1, 0.15) is 11.6 Å². The summed E-state index contributed by atoms with van der Waals surface area (Å²) in [6.45, 7) is 3.40. The SMILES string of the molecule is O=C(NCc1ccc(F)cc1F)[C@@H]1CCCN(C2CCN(C(=O)C3CC3)CC2)C1. The molecule has 158 valence electrons. The average molecular weight is 405 g/mol.